The number of aromatic nitrogens is 2. The lowest BCUT2D eigenvalue weighted by atomic mass is 10.1. The van der Waals surface area contributed by atoms with Gasteiger partial charge >= 0.3 is 5.97 Å². The van der Waals surface area contributed by atoms with Gasteiger partial charge in [-0.3, -0.25) is 4.79 Å². The molecule has 5 nitrogen and oxygen atoms in total. The summed E-state index contributed by atoms with van der Waals surface area (Å²) in [5, 5.41) is 5.36. The third-order valence-corrected chi connectivity index (χ3v) is 4.30. The Kier molecular flexibility index (Phi) is 4.20. The van der Waals surface area contributed by atoms with Crippen molar-refractivity contribution < 1.29 is 9.53 Å². The number of hydrogen-bond acceptors (Lipinski definition) is 4. The minimum atomic E-state index is -0.446. The minimum Gasteiger partial charge on any atom is -0.461 e. The Balaban J connectivity index is 1.98. The van der Waals surface area contributed by atoms with Crippen molar-refractivity contribution in [2.45, 2.75) is 33.7 Å². The Bertz CT molecular complexity index is 794. The van der Waals surface area contributed by atoms with Gasteiger partial charge in [-0.15, -0.1) is 0 Å². The normalized spacial score (nSPS) is 20.0. The molecule has 0 bridgehead atoms. The summed E-state index contributed by atoms with van der Waals surface area (Å²) in [5.41, 5.74) is 0.0656. The summed E-state index contributed by atoms with van der Waals surface area (Å²) in [7, 11) is 0. The Morgan fingerprint density at radius 1 is 1.35 bits per heavy atom. The molecule has 5 heteroatoms. The van der Waals surface area contributed by atoms with Gasteiger partial charge in [0, 0.05) is 11.9 Å². The number of carbonyl (C=O) groups excluding carboxylic acids is 1. The van der Waals surface area contributed by atoms with Crippen molar-refractivity contribution in [2.75, 3.05) is 6.61 Å². The van der Waals surface area contributed by atoms with Gasteiger partial charge in [0.05, 0.1) is 12.0 Å². The summed E-state index contributed by atoms with van der Waals surface area (Å²) < 4.78 is 6.79. The molecule has 0 amide bonds. The number of rotatable bonds is 5. The molecule has 0 radical (unpaired) electrons. The zero-order valence-electron chi connectivity index (χ0n) is 13.8. The molecular formula is C18H22N2O3. The number of hydrogen-bond donors (Lipinski definition) is 0. The number of fused-ring (bicyclic) bond motifs is 1. The van der Waals surface area contributed by atoms with E-state index in [1.54, 1.807) is 24.3 Å². The molecule has 3 rings (SSSR count). The fourth-order valence-corrected chi connectivity index (χ4v) is 2.74. The van der Waals surface area contributed by atoms with Crippen LogP contribution in [0.5, 0.6) is 0 Å². The highest BCUT2D eigenvalue weighted by atomic mass is 16.5. The molecule has 2 aromatic rings. The summed E-state index contributed by atoms with van der Waals surface area (Å²) in [5.74, 6) is 0.907. The molecule has 2 atom stereocenters. The van der Waals surface area contributed by atoms with Gasteiger partial charge in [0.15, 0.2) is 5.69 Å². The number of benzene rings is 1. The van der Waals surface area contributed by atoms with Crippen LogP contribution in [0, 0.1) is 17.8 Å². The van der Waals surface area contributed by atoms with Gasteiger partial charge in [-0.25, -0.2) is 9.48 Å². The largest absolute Gasteiger partial charge is 0.461 e. The van der Waals surface area contributed by atoms with Crippen molar-refractivity contribution in [2.24, 2.45) is 17.8 Å². The van der Waals surface area contributed by atoms with Crippen LogP contribution in [0.2, 0.25) is 0 Å². The number of ether oxygens (including phenoxy) is 1. The second-order valence-electron chi connectivity index (χ2n) is 6.85. The highest BCUT2D eigenvalue weighted by molar-refractivity contribution is 6.02. The highest BCUT2D eigenvalue weighted by Gasteiger charge is 2.34. The summed E-state index contributed by atoms with van der Waals surface area (Å²) in [6, 6.07) is 7.08. The minimum absolute atomic E-state index is 0.165. The van der Waals surface area contributed by atoms with Crippen LogP contribution in [0.1, 0.15) is 37.7 Å². The maximum absolute atomic E-state index is 12.5. The van der Waals surface area contributed by atoms with Crippen LogP contribution in [0.3, 0.4) is 0 Å². The van der Waals surface area contributed by atoms with Crippen LogP contribution in [0.25, 0.3) is 10.8 Å². The standard InChI is InChI=1S/C18H22N2O3/c1-11(2)9-20-17(21)15-7-5-4-6-14(15)16(19-20)18(22)23-10-13-8-12(13)3/h4-7,11-13H,8-10H2,1-3H3/t12-,13+/m1/s1. The average molecular weight is 314 g/mol. The smallest absolute Gasteiger partial charge is 0.359 e. The summed E-state index contributed by atoms with van der Waals surface area (Å²) in [6.07, 6.45) is 1.11. The fourth-order valence-electron chi connectivity index (χ4n) is 2.74. The molecule has 122 valence electrons. The molecule has 1 fully saturated rings. The van der Waals surface area contributed by atoms with E-state index in [1.807, 2.05) is 13.8 Å². The quantitative estimate of drug-likeness (QED) is 0.796. The summed E-state index contributed by atoms with van der Waals surface area (Å²) in [4.78, 5) is 25.0. The molecule has 1 aliphatic carbocycles. The van der Waals surface area contributed by atoms with Crippen molar-refractivity contribution in [3.63, 3.8) is 0 Å². The summed E-state index contributed by atoms with van der Waals surface area (Å²) >= 11 is 0. The van der Waals surface area contributed by atoms with Gasteiger partial charge in [-0.1, -0.05) is 39.0 Å². The molecule has 1 aromatic heterocycles. The topological polar surface area (TPSA) is 61.2 Å². The molecule has 0 aliphatic heterocycles. The molecule has 1 saturated carbocycles. The third-order valence-electron chi connectivity index (χ3n) is 4.30. The molecule has 23 heavy (non-hydrogen) atoms. The van der Waals surface area contributed by atoms with Gasteiger partial charge in [0.2, 0.25) is 0 Å². The highest BCUT2D eigenvalue weighted by Crippen LogP contribution is 2.37. The fraction of sp³-hybridized carbons (Fsp3) is 0.500. The predicted octanol–water partition coefficient (Wildman–Crippen LogP) is 2.87. The van der Waals surface area contributed by atoms with Crippen molar-refractivity contribution in [3.8, 4) is 0 Å². The lowest BCUT2D eigenvalue weighted by Gasteiger charge is -2.12. The number of nitrogens with zero attached hydrogens (tertiary/aromatic N) is 2. The van der Waals surface area contributed by atoms with Gasteiger partial charge < -0.3 is 4.74 Å². The van der Waals surface area contributed by atoms with Gasteiger partial charge in [-0.05, 0) is 30.2 Å². The van der Waals surface area contributed by atoms with Crippen molar-refractivity contribution >= 4 is 16.7 Å². The number of esters is 1. The van der Waals surface area contributed by atoms with E-state index in [-0.39, 0.29) is 17.2 Å². The second-order valence-corrected chi connectivity index (χ2v) is 6.85. The first-order chi connectivity index (χ1) is 11.0. The van der Waals surface area contributed by atoms with Gasteiger partial charge in [0.1, 0.15) is 0 Å². The lowest BCUT2D eigenvalue weighted by molar-refractivity contribution is 0.0473. The van der Waals surface area contributed by atoms with E-state index < -0.39 is 5.97 Å². The maximum Gasteiger partial charge on any atom is 0.359 e. The monoisotopic (exact) mass is 314 g/mol. The van der Waals surface area contributed by atoms with Crippen molar-refractivity contribution in [3.05, 3.63) is 40.3 Å². The van der Waals surface area contributed by atoms with Crippen LogP contribution in [0.15, 0.2) is 29.1 Å². The third kappa shape index (κ3) is 3.28. The second kappa shape index (κ2) is 6.14. The van der Waals surface area contributed by atoms with Crippen LogP contribution in [0.4, 0.5) is 0 Å². The van der Waals surface area contributed by atoms with E-state index in [0.29, 0.717) is 35.8 Å². The van der Waals surface area contributed by atoms with E-state index in [4.69, 9.17) is 4.74 Å². The van der Waals surface area contributed by atoms with Crippen LogP contribution in [-0.2, 0) is 11.3 Å². The Hall–Kier alpha value is -2.17. The van der Waals surface area contributed by atoms with Gasteiger partial charge in [0.25, 0.3) is 5.56 Å². The van der Waals surface area contributed by atoms with Crippen molar-refractivity contribution in [1.29, 1.82) is 0 Å². The van der Waals surface area contributed by atoms with E-state index in [2.05, 4.69) is 12.0 Å². The van der Waals surface area contributed by atoms with Crippen LogP contribution < -0.4 is 5.56 Å². The zero-order chi connectivity index (χ0) is 16.6. The number of carbonyl (C=O) groups is 1. The molecule has 1 aliphatic rings. The van der Waals surface area contributed by atoms with E-state index in [1.165, 1.54) is 4.68 Å². The zero-order valence-corrected chi connectivity index (χ0v) is 13.8. The maximum atomic E-state index is 12.5. The molecule has 0 unspecified atom stereocenters. The average Bonchev–Trinajstić information content (AvgIpc) is 3.23. The first-order valence-electron chi connectivity index (χ1n) is 8.14. The van der Waals surface area contributed by atoms with Crippen molar-refractivity contribution in [1.82, 2.24) is 9.78 Å². The molecule has 0 saturated heterocycles. The van der Waals surface area contributed by atoms with Crippen LogP contribution in [-0.4, -0.2) is 22.4 Å². The molecule has 1 heterocycles. The first-order valence-corrected chi connectivity index (χ1v) is 8.14. The SMILES string of the molecule is CC(C)Cn1nc(C(=O)OC[C@@H]2C[C@H]2C)c2ccccc2c1=O. The lowest BCUT2D eigenvalue weighted by Crippen LogP contribution is -2.28. The Morgan fingerprint density at radius 2 is 2.00 bits per heavy atom. The Labute approximate surface area is 135 Å². The van der Waals surface area contributed by atoms with E-state index in [9.17, 15) is 9.59 Å². The predicted molar refractivity (Wildman–Crippen MR) is 88.4 cm³/mol. The molecule has 0 N–H and O–H groups in total. The Morgan fingerprint density at radius 3 is 2.61 bits per heavy atom. The summed E-state index contributed by atoms with van der Waals surface area (Å²) in [6.45, 7) is 7.07. The van der Waals surface area contributed by atoms with E-state index >= 15 is 0 Å². The van der Waals surface area contributed by atoms with Crippen LogP contribution >= 0.6 is 0 Å². The van der Waals surface area contributed by atoms with Gasteiger partial charge in [-0.2, -0.15) is 5.10 Å². The molecule has 1 aromatic carbocycles. The first kappa shape index (κ1) is 15.7. The molecular weight excluding hydrogens is 292 g/mol. The van der Waals surface area contributed by atoms with E-state index in [0.717, 1.165) is 6.42 Å². The molecule has 0 spiro atoms.